The highest BCUT2D eigenvalue weighted by Crippen LogP contribution is 2.46. The predicted molar refractivity (Wildman–Crippen MR) is 172 cm³/mol. The zero-order valence-corrected chi connectivity index (χ0v) is 26.2. The average molecular weight is 617 g/mol. The SMILES string of the molecule is CN1CCN(C(=O)Oc2cc3c(c4ccccc24)[C@H](CCl)CN3C(=O)c2cc3cc(CC(=O)OC(C)(C)C)ccc3[nH]2)CC1. The number of benzene rings is 3. The number of carbonyl (C=O) groups is 3. The van der Waals surface area contributed by atoms with Crippen LogP contribution in [0.15, 0.2) is 54.6 Å². The number of nitrogens with zero attached hydrogens (tertiary/aromatic N) is 3. The number of esters is 1. The van der Waals surface area contributed by atoms with Crippen molar-refractivity contribution in [2.75, 3.05) is 50.6 Å². The summed E-state index contributed by atoms with van der Waals surface area (Å²) in [7, 11) is 2.03. The first-order valence-electron chi connectivity index (χ1n) is 14.9. The minimum absolute atomic E-state index is 0.0901. The van der Waals surface area contributed by atoms with Crippen LogP contribution in [0.2, 0.25) is 0 Å². The number of halogens is 1. The van der Waals surface area contributed by atoms with E-state index in [1.54, 1.807) is 21.9 Å². The number of nitrogens with one attached hydrogen (secondary N) is 1. The summed E-state index contributed by atoms with van der Waals surface area (Å²) in [5, 5.41) is 2.54. The molecule has 0 radical (unpaired) electrons. The maximum absolute atomic E-state index is 14.1. The van der Waals surface area contributed by atoms with Crippen LogP contribution in [0.5, 0.6) is 5.75 Å². The summed E-state index contributed by atoms with van der Waals surface area (Å²) in [5.41, 5.74) is 3.10. The van der Waals surface area contributed by atoms with Crippen LogP contribution in [0.1, 0.15) is 48.3 Å². The van der Waals surface area contributed by atoms with Gasteiger partial charge in [-0.2, -0.15) is 0 Å². The summed E-state index contributed by atoms with van der Waals surface area (Å²) in [6, 6.07) is 17.0. The largest absolute Gasteiger partial charge is 0.460 e. The number of alkyl halides is 1. The normalized spacial score (nSPS) is 17.2. The number of aromatic nitrogens is 1. The lowest BCUT2D eigenvalue weighted by Crippen LogP contribution is -2.48. The molecule has 2 amide bonds. The van der Waals surface area contributed by atoms with Gasteiger partial charge in [-0.3, -0.25) is 9.59 Å². The summed E-state index contributed by atoms with van der Waals surface area (Å²) in [6.45, 7) is 8.68. The Morgan fingerprint density at radius 2 is 1.70 bits per heavy atom. The summed E-state index contributed by atoms with van der Waals surface area (Å²) in [5.74, 6) is 0.144. The fourth-order valence-corrected chi connectivity index (χ4v) is 6.31. The molecule has 2 aliphatic heterocycles. The molecule has 6 rings (SSSR count). The van der Waals surface area contributed by atoms with Crippen molar-refractivity contribution in [3.05, 3.63) is 71.4 Å². The number of fused-ring (bicyclic) bond motifs is 4. The number of piperazine rings is 1. The van der Waals surface area contributed by atoms with Gasteiger partial charge in [0, 0.05) is 66.9 Å². The highest BCUT2D eigenvalue weighted by Gasteiger charge is 2.36. The molecule has 0 spiro atoms. The Balaban J connectivity index is 1.31. The van der Waals surface area contributed by atoms with E-state index in [0.29, 0.717) is 42.6 Å². The molecule has 0 saturated carbocycles. The Kier molecular flexibility index (Phi) is 8.02. The molecule has 230 valence electrons. The highest BCUT2D eigenvalue weighted by atomic mass is 35.5. The van der Waals surface area contributed by atoms with Crippen LogP contribution in [0, 0.1) is 0 Å². The standard InChI is InChI=1S/C34H37ClN4O5/c1-34(2,3)44-30(40)16-21-9-10-26-22(15-21)17-27(36-26)32(41)39-20-23(19-35)31-25-8-6-5-7-24(25)29(18-28(31)39)43-33(42)38-13-11-37(4)12-14-38/h5-10,15,17-18,23,36H,11-14,16,19-20H2,1-4H3/t23-/m1/s1. The summed E-state index contributed by atoms with van der Waals surface area (Å²) >= 11 is 6.47. The van der Waals surface area contributed by atoms with E-state index in [0.717, 1.165) is 45.9 Å². The van der Waals surface area contributed by atoms with Gasteiger partial charge in [-0.1, -0.05) is 30.3 Å². The zero-order chi connectivity index (χ0) is 31.2. The molecule has 0 bridgehead atoms. The van der Waals surface area contributed by atoms with Gasteiger partial charge in [0.2, 0.25) is 0 Å². The maximum atomic E-state index is 14.1. The second kappa shape index (κ2) is 11.8. The number of amides is 2. The van der Waals surface area contributed by atoms with Crippen molar-refractivity contribution in [3.63, 3.8) is 0 Å². The van der Waals surface area contributed by atoms with Crippen molar-refractivity contribution in [2.24, 2.45) is 0 Å². The van der Waals surface area contributed by atoms with Gasteiger partial charge < -0.3 is 29.2 Å². The third-order valence-electron chi connectivity index (χ3n) is 8.20. The molecule has 1 saturated heterocycles. The minimum atomic E-state index is -0.560. The van der Waals surface area contributed by atoms with Gasteiger partial charge in [0.1, 0.15) is 17.0 Å². The molecule has 3 heterocycles. The van der Waals surface area contributed by atoms with Gasteiger partial charge in [0.05, 0.1) is 12.1 Å². The van der Waals surface area contributed by atoms with E-state index >= 15 is 0 Å². The molecule has 9 nitrogen and oxygen atoms in total. The van der Waals surface area contributed by atoms with Gasteiger partial charge in [0.25, 0.3) is 5.91 Å². The van der Waals surface area contributed by atoms with E-state index in [1.165, 1.54) is 0 Å². The first-order valence-corrected chi connectivity index (χ1v) is 15.5. The van der Waals surface area contributed by atoms with Gasteiger partial charge >= 0.3 is 12.1 Å². The molecule has 10 heteroatoms. The van der Waals surface area contributed by atoms with E-state index in [2.05, 4.69) is 9.88 Å². The van der Waals surface area contributed by atoms with E-state index in [-0.39, 0.29) is 24.2 Å². The summed E-state index contributed by atoms with van der Waals surface area (Å²) in [4.78, 5) is 48.5. The van der Waals surface area contributed by atoms with Gasteiger partial charge in [0.15, 0.2) is 0 Å². The summed E-state index contributed by atoms with van der Waals surface area (Å²) < 4.78 is 11.5. The minimum Gasteiger partial charge on any atom is -0.460 e. The molecule has 4 aromatic rings. The number of likely N-dealkylation sites (N-methyl/N-ethyl adjacent to an activating group) is 1. The molecule has 0 unspecified atom stereocenters. The maximum Gasteiger partial charge on any atom is 0.415 e. The number of anilines is 1. The van der Waals surface area contributed by atoms with Crippen LogP contribution < -0.4 is 9.64 Å². The topological polar surface area (TPSA) is 95.2 Å². The van der Waals surface area contributed by atoms with Crippen LogP contribution in [-0.2, 0) is 16.0 Å². The number of carbonyl (C=O) groups excluding carboxylic acids is 3. The van der Waals surface area contributed by atoms with Crippen LogP contribution in [0.25, 0.3) is 21.7 Å². The lowest BCUT2D eigenvalue weighted by atomic mass is 9.95. The molecular formula is C34H37ClN4O5. The number of aromatic amines is 1. The predicted octanol–water partition coefficient (Wildman–Crippen LogP) is 5.93. The lowest BCUT2D eigenvalue weighted by Gasteiger charge is -2.31. The molecule has 1 N–H and O–H groups in total. The molecule has 1 atom stereocenters. The Hall–Kier alpha value is -4.08. The number of hydrogen-bond donors (Lipinski definition) is 1. The quantitative estimate of drug-likeness (QED) is 0.220. The van der Waals surface area contributed by atoms with Crippen LogP contribution in [-0.4, -0.2) is 84.0 Å². The monoisotopic (exact) mass is 616 g/mol. The lowest BCUT2D eigenvalue weighted by molar-refractivity contribution is -0.153. The molecular weight excluding hydrogens is 580 g/mol. The second-order valence-corrected chi connectivity index (χ2v) is 13.0. The van der Waals surface area contributed by atoms with Gasteiger partial charge in [-0.25, -0.2) is 4.79 Å². The van der Waals surface area contributed by atoms with E-state index < -0.39 is 11.7 Å². The van der Waals surface area contributed by atoms with Crippen molar-refractivity contribution >= 4 is 56.9 Å². The first kappa shape index (κ1) is 30.0. The third kappa shape index (κ3) is 5.99. The van der Waals surface area contributed by atoms with Crippen LogP contribution in [0.3, 0.4) is 0 Å². The van der Waals surface area contributed by atoms with Gasteiger partial charge in [-0.15, -0.1) is 11.6 Å². The molecule has 1 fully saturated rings. The second-order valence-electron chi connectivity index (χ2n) is 12.6. The van der Waals surface area contributed by atoms with Crippen molar-refractivity contribution in [1.82, 2.24) is 14.8 Å². The number of rotatable bonds is 5. The average Bonchev–Trinajstić information content (AvgIpc) is 3.57. The molecule has 2 aliphatic rings. The van der Waals surface area contributed by atoms with Crippen molar-refractivity contribution in [2.45, 2.75) is 38.7 Å². The van der Waals surface area contributed by atoms with Crippen LogP contribution >= 0.6 is 11.6 Å². The highest BCUT2D eigenvalue weighted by molar-refractivity contribution is 6.19. The van der Waals surface area contributed by atoms with Crippen molar-refractivity contribution in [1.29, 1.82) is 0 Å². The zero-order valence-electron chi connectivity index (χ0n) is 25.5. The fraction of sp³-hybridized carbons (Fsp3) is 0.382. The van der Waals surface area contributed by atoms with Crippen molar-refractivity contribution < 1.29 is 23.9 Å². The number of hydrogen-bond acceptors (Lipinski definition) is 6. The molecule has 0 aliphatic carbocycles. The van der Waals surface area contributed by atoms with E-state index in [1.807, 2.05) is 70.3 Å². The summed E-state index contributed by atoms with van der Waals surface area (Å²) in [6.07, 6.45) is -0.257. The van der Waals surface area contributed by atoms with E-state index in [4.69, 9.17) is 21.1 Å². The molecule has 3 aromatic carbocycles. The Morgan fingerprint density at radius 1 is 0.977 bits per heavy atom. The smallest absolute Gasteiger partial charge is 0.415 e. The van der Waals surface area contributed by atoms with Crippen LogP contribution in [0.4, 0.5) is 10.5 Å². The first-order chi connectivity index (χ1) is 21.0. The Bertz CT molecular complexity index is 1750. The number of H-pyrrole nitrogens is 1. The fourth-order valence-electron chi connectivity index (χ4n) is 6.06. The third-order valence-corrected chi connectivity index (χ3v) is 8.58. The van der Waals surface area contributed by atoms with Gasteiger partial charge in [-0.05, 0) is 62.5 Å². The molecule has 1 aromatic heterocycles. The molecule has 44 heavy (non-hydrogen) atoms. The van der Waals surface area contributed by atoms with E-state index in [9.17, 15) is 14.4 Å². The number of ether oxygens (including phenoxy) is 2. The Morgan fingerprint density at radius 3 is 2.41 bits per heavy atom. The Labute approximate surface area is 261 Å². The van der Waals surface area contributed by atoms with Crippen molar-refractivity contribution in [3.8, 4) is 5.75 Å².